The molecule has 0 aromatic heterocycles. The Balaban J connectivity index is 2.58. The molecule has 1 aromatic rings. The molecule has 0 saturated heterocycles. The molecule has 1 unspecified atom stereocenters. The number of likely N-dealkylation sites (N-methyl/N-ethyl adjacent to an activating group) is 1. The second-order valence-corrected chi connectivity index (χ2v) is 3.85. The summed E-state index contributed by atoms with van der Waals surface area (Å²) in [6, 6.07) is 5.90. The van der Waals surface area contributed by atoms with Crippen LogP contribution >= 0.6 is 0 Å². The van der Waals surface area contributed by atoms with Gasteiger partial charge in [0, 0.05) is 20.2 Å². The molecule has 1 atom stereocenters. The van der Waals surface area contributed by atoms with Gasteiger partial charge in [0.2, 0.25) is 0 Å². The molecule has 0 saturated carbocycles. The van der Waals surface area contributed by atoms with Crippen molar-refractivity contribution >= 4 is 11.8 Å². The standard InChI is InChI=1S/C13H17FN2O3/c1-3-15-12(17)13(18)16-8-11(19-2)9-5-4-6-10(14)7-9/h4-7,11H,3,8H2,1-2H3,(H,15,17)(H,16,18). The van der Waals surface area contributed by atoms with Gasteiger partial charge in [0.05, 0.1) is 6.10 Å². The van der Waals surface area contributed by atoms with Gasteiger partial charge >= 0.3 is 11.8 Å². The summed E-state index contributed by atoms with van der Waals surface area (Å²) in [5.74, 6) is -1.81. The molecule has 2 amide bonds. The van der Waals surface area contributed by atoms with Crippen molar-refractivity contribution in [3.8, 4) is 0 Å². The number of benzene rings is 1. The minimum atomic E-state index is -0.736. The van der Waals surface area contributed by atoms with E-state index in [2.05, 4.69) is 10.6 Å². The molecule has 0 aliphatic rings. The minimum absolute atomic E-state index is 0.0932. The van der Waals surface area contributed by atoms with Gasteiger partial charge in [0.15, 0.2) is 0 Å². The lowest BCUT2D eigenvalue weighted by Crippen LogP contribution is -2.41. The molecule has 0 spiro atoms. The van der Waals surface area contributed by atoms with E-state index in [1.54, 1.807) is 19.1 Å². The molecule has 6 heteroatoms. The number of methoxy groups -OCH3 is 1. The van der Waals surface area contributed by atoms with Gasteiger partial charge in [0.25, 0.3) is 0 Å². The van der Waals surface area contributed by atoms with Gasteiger partial charge in [-0.3, -0.25) is 9.59 Å². The van der Waals surface area contributed by atoms with E-state index >= 15 is 0 Å². The summed E-state index contributed by atoms with van der Waals surface area (Å²) in [6.45, 7) is 2.19. The summed E-state index contributed by atoms with van der Waals surface area (Å²) in [7, 11) is 1.45. The van der Waals surface area contributed by atoms with Crippen molar-refractivity contribution in [2.24, 2.45) is 0 Å². The summed E-state index contributed by atoms with van der Waals surface area (Å²) in [5.41, 5.74) is 0.596. The lowest BCUT2D eigenvalue weighted by molar-refractivity contribution is -0.139. The quantitative estimate of drug-likeness (QED) is 0.775. The Kier molecular flexibility index (Phi) is 5.95. The Morgan fingerprint density at radius 2 is 2.00 bits per heavy atom. The van der Waals surface area contributed by atoms with Crippen LogP contribution in [0.3, 0.4) is 0 Å². The molecule has 0 fully saturated rings. The molecule has 1 rings (SSSR count). The third-order valence-corrected chi connectivity index (χ3v) is 2.50. The number of amides is 2. The maximum atomic E-state index is 13.1. The zero-order valence-corrected chi connectivity index (χ0v) is 10.9. The van der Waals surface area contributed by atoms with Crippen LogP contribution in [0.2, 0.25) is 0 Å². The molecular formula is C13H17FN2O3. The van der Waals surface area contributed by atoms with E-state index in [9.17, 15) is 14.0 Å². The van der Waals surface area contributed by atoms with Crippen LogP contribution in [-0.2, 0) is 14.3 Å². The molecule has 0 aliphatic heterocycles. The first-order chi connectivity index (χ1) is 9.08. The molecule has 0 heterocycles. The first-order valence-electron chi connectivity index (χ1n) is 5.92. The molecule has 19 heavy (non-hydrogen) atoms. The van der Waals surface area contributed by atoms with Crippen molar-refractivity contribution in [2.75, 3.05) is 20.2 Å². The molecule has 2 N–H and O–H groups in total. The normalized spacial score (nSPS) is 11.7. The fraction of sp³-hybridized carbons (Fsp3) is 0.385. The average Bonchev–Trinajstić information content (AvgIpc) is 2.39. The minimum Gasteiger partial charge on any atom is -0.375 e. The van der Waals surface area contributed by atoms with E-state index in [4.69, 9.17) is 4.74 Å². The topological polar surface area (TPSA) is 67.4 Å². The van der Waals surface area contributed by atoms with Gasteiger partial charge in [-0.25, -0.2) is 4.39 Å². The molecule has 5 nitrogen and oxygen atoms in total. The van der Waals surface area contributed by atoms with Gasteiger partial charge in [-0.05, 0) is 24.6 Å². The predicted molar refractivity (Wildman–Crippen MR) is 67.8 cm³/mol. The fourth-order valence-electron chi connectivity index (χ4n) is 1.55. The highest BCUT2D eigenvalue weighted by molar-refractivity contribution is 6.35. The Morgan fingerprint density at radius 3 is 2.58 bits per heavy atom. The predicted octanol–water partition coefficient (Wildman–Crippen LogP) is 0.766. The van der Waals surface area contributed by atoms with Crippen molar-refractivity contribution in [3.63, 3.8) is 0 Å². The SMILES string of the molecule is CCNC(=O)C(=O)NCC(OC)c1cccc(F)c1. The van der Waals surface area contributed by atoms with Gasteiger partial charge in [-0.1, -0.05) is 12.1 Å². The second-order valence-electron chi connectivity index (χ2n) is 3.85. The van der Waals surface area contributed by atoms with Crippen LogP contribution in [0.5, 0.6) is 0 Å². The Hall–Kier alpha value is -1.95. The first kappa shape index (κ1) is 15.1. The smallest absolute Gasteiger partial charge is 0.309 e. The maximum absolute atomic E-state index is 13.1. The fourth-order valence-corrected chi connectivity index (χ4v) is 1.55. The number of halogens is 1. The van der Waals surface area contributed by atoms with Crippen LogP contribution in [0, 0.1) is 5.82 Å². The average molecular weight is 268 g/mol. The van der Waals surface area contributed by atoms with Crippen LogP contribution in [0.1, 0.15) is 18.6 Å². The number of hydrogen-bond acceptors (Lipinski definition) is 3. The monoisotopic (exact) mass is 268 g/mol. The molecular weight excluding hydrogens is 251 g/mol. The van der Waals surface area contributed by atoms with Crippen molar-refractivity contribution < 1.29 is 18.7 Å². The number of rotatable bonds is 5. The summed E-state index contributed by atoms with van der Waals surface area (Å²) in [5, 5.41) is 4.82. The summed E-state index contributed by atoms with van der Waals surface area (Å²) >= 11 is 0. The van der Waals surface area contributed by atoms with Gasteiger partial charge in [-0.2, -0.15) is 0 Å². The molecule has 0 aliphatic carbocycles. The van der Waals surface area contributed by atoms with Crippen molar-refractivity contribution in [1.82, 2.24) is 10.6 Å². The van der Waals surface area contributed by atoms with Crippen LogP contribution < -0.4 is 10.6 Å². The Labute approximate surface area is 111 Å². The van der Waals surface area contributed by atoms with Crippen LogP contribution in [-0.4, -0.2) is 32.0 Å². The first-order valence-corrected chi connectivity index (χ1v) is 5.92. The third-order valence-electron chi connectivity index (χ3n) is 2.50. The zero-order chi connectivity index (χ0) is 14.3. The van der Waals surface area contributed by atoms with Crippen molar-refractivity contribution in [1.29, 1.82) is 0 Å². The van der Waals surface area contributed by atoms with Gasteiger partial charge < -0.3 is 15.4 Å². The number of carbonyl (C=O) groups is 2. The van der Waals surface area contributed by atoms with E-state index in [1.165, 1.54) is 19.2 Å². The van der Waals surface area contributed by atoms with Crippen LogP contribution in [0.25, 0.3) is 0 Å². The van der Waals surface area contributed by atoms with E-state index in [1.807, 2.05) is 0 Å². The van der Waals surface area contributed by atoms with E-state index in [0.29, 0.717) is 12.1 Å². The van der Waals surface area contributed by atoms with Gasteiger partial charge in [-0.15, -0.1) is 0 Å². The van der Waals surface area contributed by atoms with E-state index in [0.717, 1.165) is 0 Å². The van der Waals surface area contributed by atoms with Crippen molar-refractivity contribution in [3.05, 3.63) is 35.6 Å². The highest BCUT2D eigenvalue weighted by Crippen LogP contribution is 2.16. The zero-order valence-electron chi connectivity index (χ0n) is 10.9. The van der Waals surface area contributed by atoms with E-state index < -0.39 is 17.9 Å². The lowest BCUT2D eigenvalue weighted by Gasteiger charge is -2.16. The summed E-state index contributed by atoms with van der Waals surface area (Å²) in [4.78, 5) is 22.6. The summed E-state index contributed by atoms with van der Waals surface area (Å²) < 4.78 is 18.3. The highest BCUT2D eigenvalue weighted by Gasteiger charge is 2.16. The van der Waals surface area contributed by atoms with Crippen LogP contribution in [0.4, 0.5) is 4.39 Å². The number of nitrogens with one attached hydrogen (secondary N) is 2. The summed E-state index contributed by atoms with van der Waals surface area (Å²) in [6.07, 6.45) is -0.505. The molecule has 1 aromatic carbocycles. The molecule has 0 bridgehead atoms. The number of hydrogen-bond donors (Lipinski definition) is 2. The Bertz CT molecular complexity index is 451. The number of ether oxygens (including phenoxy) is 1. The van der Waals surface area contributed by atoms with E-state index in [-0.39, 0.29) is 12.4 Å². The highest BCUT2D eigenvalue weighted by atomic mass is 19.1. The third kappa shape index (κ3) is 4.67. The second kappa shape index (κ2) is 7.48. The van der Waals surface area contributed by atoms with Crippen LogP contribution in [0.15, 0.2) is 24.3 Å². The van der Waals surface area contributed by atoms with Crippen molar-refractivity contribution in [2.45, 2.75) is 13.0 Å². The molecule has 0 radical (unpaired) electrons. The number of carbonyl (C=O) groups excluding carboxylic acids is 2. The molecule has 104 valence electrons. The van der Waals surface area contributed by atoms with Gasteiger partial charge in [0.1, 0.15) is 5.82 Å². The maximum Gasteiger partial charge on any atom is 0.309 e. The largest absolute Gasteiger partial charge is 0.375 e. The lowest BCUT2D eigenvalue weighted by atomic mass is 10.1. The Morgan fingerprint density at radius 1 is 1.32 bits per heavy atom.